The molecule has 0 amide bonds. The first kappa shape index (κ1) is 18.3. The van der Waals surface area contributed by atoms with E-state index in [1.165, 1.54) is 24.5 Å². The minimum atomic E-state index is -0.854. The predicted molar refractivity (Wildman–Crippen MR) is 93.1 cm³/mol. The number of fused-ring (bicyclic) bond motifs is 1. The minimum Gasteiger partial charge on any atom is -0.478 e. The van der Waals surface area contributed by atoms with E-state index in [1.807, 2.05) is 6.92 Å². The van der Waals surface area contributed by atoms with Gasteiger partial charge in [-0.05, 0) is 68.6 Å². The van der Waals surface area contributed by atoms with Crippen LogP contribution in [-0.2, 0) is 4.79 Å². The number of allylic oxidation sites excluding steroid dienone is 3. The molecule has 0 aromatic rings. The van der Waals surface area contributed by atoms with Crippen LogP contribution in [0, 0.1) is 22.7 Å². The van der Waals surface area contributed by atoms with Crippen LogP contribution in [0.4, 0.5) is 0 Å². The van der Waals surface area contributed by atoms with Gasteiger partial charge in [0.05, 0.1) is 0 Å². The van der Waals surface area contributed by atoms with Crippen LogP contribution >= 0.6 is 0 Å². The first-order chi connectivity index (χ1) is 10.7. The van der Waals surface area contributed by atoms with Crippen LogP contribution in [0.5, 0.6) is 0 Å². The molecule has 0 aromatic carbocycles. The Kier molecular flexibility index (Phi) is 5.40. The molecular weight excluding hydrogens is 288 g/mol. The zero-order valence-corrected chi connectivity index (χ0v) is 15.1. The number of aliphatic carboxylic acids is 1. The standard InChI is InChI=1S/C20H32O3/c1-14(12-18(22)23)6-8-16-15(2)7-9-17-19(3,13-21)10-5-11-20(16,17)4/h7,12,16-17,21H,5-6,8-11,13H2,1-4H3,(H,22,23). The molecule has 0 spiro atoms. The Labute approximate surface area is 140 Å². The van der Waals surface area contributed by atoms with E-state index in [1.54, 1.807) is 0 Å². The van der Waals surface area contributed by atoms with Crippen molar-refractivity contribution in [3.8, 4) is 0 Å². The highest BCUT2D eigenvalue weighted by Gasteiger charge is 2.52. The molecule has 4 unspecified atom stereocenters. The second-order valence-corrected chi connectivity index (χ2v) is 8.33. The highest BCUT2D eigenvalue weighted by molar-refractivity contribution is 5.80. The Bertz CT molecular complexity index is 519. The van der Waals surface area contributed by atoms with E-state index in [0.29, 0.717) is 11.8 Å². The molecule has 2 rings (SSSR count). The van der Waals surface area contributed by atoms with Gasteiger partial charge in [0, 0.05) is 12.7 Å². The topological polar surface area (TPSA) is 57.5 Å². The molecule has 0 bridgehead atoms. The number of aliphatic hydroxyl groups is 1. The molecule has 0 aliphatic heterocycles. The van der Waals surface area contributed by atoms with Crippen molar-refractivity contribution in [1.82, 2.24) is 0 Å². The molecule has 3 nitrogen and oxygen atoms in total. The van der Waals surface area contributed by atoms with Crippen LogP contribution in [0.2, 0.25) is 0 Å². The van der Waals surface area contributed by atoms with Gasteiger partial charge >= 0.3 is 5.97 Å². The molecule has 2 aliphatic carbocycles. The van der Waals surface area contributed by atoms with E-state index in [0.717, 1.165) is 31.3 Å². The summed E-state index contributed by atoms with van der Waals surface area (Å²) in [4.78, 5) is 10.8. The van der Waals surface area contributed by atoms with E-state index in [-0.39, 0.29) is 17.4 Å². The molecule has 130 valence electrons. The van der Waals surface area contributed by atoms with Gasteiger partial charge in [-0.15, -0.1) is 0 Å². The van der Waals surface area contributed by atoms with Crippen molar-refractivity contribution in [2.24, 2.45) is 22.7 Å². The first-order valence-corrected chi connectivity index (χ1v) is 8.90. The highest BCUT2D eigenvalue weighted by atomic mass is 16.4. The summed E-state index contributed by atoms with van der Waals surface area (Å²) in [6, 6.07) is 0. The number of hydrogen-bond donors (Lipinski definition) is 2. The molecule has 2 aliphatic rings. The Morgan fingerprint density at radius 2 is 2.09 bits per heavy atom. The molecule has 0 heterocycles. The van der Waals surface area contributed by atoms with Crippen LogP contribution in [0.25, 0.3) is 0 Å². The summed E-state index contributed by atoms with van der Waals surface area (Å²) in [5.41, 5.74) is 2.64. The van der Waals surface area contributed by atoms with Crippen LogP contribution in [-0.4, -0.2) is 22.8 Å². The Morgan fingerprint density at radius 1 is 1.39 bits per heavy atom. The maximum absolute atomic E-state index is 10.8. The maximum atomic E-state index is 10.8. The second kappa shape index (κ2) is 6.80. The lowest BCUT2D eigenvalue weighted by molar-refractivity contribution is -0.131. The molecule has 0 radical (unpaired) electrons. The normalized spacial score (nSPS) is 38.0. The van der Waals surface area contributed by atoms with Gasteiger partial charge < -0.3 is 10.2 Å². The quantitative estimate of drug-likeness (QED) is 0.576. The SMILES string of the molecule is CC(=CC(=O)O)CCC1C(C)=CCC2C(C)(CO)CCCC12C. The van der Waals surface area contributed by atoms with Gasteiger partial charge in [0.15, 0.2) is 0 Å². The lowest BCUT2D eigenvalue weighted by atomic mass is 9.48. The van der Waals surface area contributed by atoms with Crippen molar-refractivity contribution in [3.05, 3.63) is 23.3 Å². The second-order valence-electron chi connectivity index (χ2n) is 8.33. The van der Waals surface area contributed by atoms with Crippen molar-refractivity contribution >= 4 is 5.97 Å². The smallest absolute Gasteiger partial charge is 0.328 e. The Hall–Kier alpha value is -1.09. The molecule has 0 saturated heterocycles. The summed E-state index contributed by atoms with van der Waals surface area (Å²) < 4.78 is 0. The molecule has 1 saturated carbocycles. The summed E-state index contributed by atoms with van der Waals surface area (Å²) in [6.45, 7) is 9.06. The van der Waals surface area contributed by atoms with Gasteiger partial charge in [-0.25, -0.2) is 4.79 Å². The highest BCUT2D eigenvalue weighted by Crippen LogP contribution is 2.60. The maximum Gasteiger partial charge on any atom is 0.328 e. The lowest BCUT2D eigenvalue weighted by Gasteiger charge is -2.57. The van der Waals surface area contributed by atoms with Crippen molar-refractivity contribution in [3.63, 3.8) is 0 Å². The lowest BCUT2D eigenvalue weighted by Crippen LogP contribution is -2.50. The van der Waals surface area contributed by atoms with Crippen LogP contribution in [0.15, 0.2) is 23.3 Å². The third-order valence-electron chi connectivity index (χ3n) is 6.68. The summed E-state index contributed by atoms with van der Waals surface area (Å²) in [5.74, 6) is 0.156. The molecule has 23 heavy (non-hydrogen) atoms. The summed E-state index contributed by atoms with van der Waals surface area (Å²) >= 11 is 0. The van der Waals surface area contributed by atoms with Crippen molar-refractivity contribution in [2.45, 2.75) is 66.2 Å². The fraction of sp³-hybridized carbons (Fsp3) is 0.750. The average molecular weight is 320 g/mol. The Balaban J connectivity index is 2.22. The number of carboxylic acids is 1. The van der Waals surface area contributed by atoms with E-state index >= 15 is 0 Å². The third kappa shape index (κ3) is 3.55. The van der Waals surface area contributed by atoms with Crippen molar-refractivity contribution in [2.75, 3.05) is 6.61 Å². The molecule has 0 aromatic heterocycles. The van der Waals surface area contributed by atoms with E-state index in [9.17, 15) is 9.90 Å². The number of carboxylic acid groups (broad SMARTS) is 1. The molecular formula is C20H32O3. The van der Waals surface area contributed by atoms with Gasteiger partial charge in [-0.3, -0.25) is 0 Å². The predicted octanol–water partition coefficient (Wildman–Crippen LogP) is 4.57. The zero-order chi connectivity index (χ0) is 17.3. The van der Waals surface area contributed by atoms with Gasteiger partial charge in [-0.2, -0.15) is 0 Å². The van der Waals surface area contributed by atoms with Gasteiger partial charge in [-0.1, -0.05) is 37.5 Å². The molecule has 3 heteroatoms. The summed E-state index contributed by atoms with van der Waals surface area (Å²) in [6.07, 6.45) is 10.1. The summed E-state index contributed by atoms with van der Waals surface area (Å²) in [5, 5.41) is 18.9. The number of aliphatic hydroxyl groups excluding tert-OH is 1. The summed E-state index contributed by atoms with van der Waals surface area (Å²) in [7, 11) is 0. The fourth-order valence-corrected chi connectivity index (χ4v) is 5.36. The van der Waals surface area contributed by atoms with Gasteiger partial charge in [0.1, 0.15) is 0 Å². The molecule has 4 atom stereocenters. The number of rotatable bonds is 5. The third-order valence-corrected chi connectivity index (χ3v) is 6.68. The Morgan fingerprint density at radius 3 is 2.70 bits per heavy atom. The first-order valence-electron chi connectivity index (χ1n) is 8.90. The monoisotopic (exact) mass is 320 g/mol. The van der Waals surface area contributed by atoms with Crippen LogP contribution in [0.3, 0.4) is 0 Å². The molecule has 1 fully saturated rings. The number of carbonyl (C=O) groups is 1. The largest absolute Gasteiger partial charge is 0.478 e. The van der Waals surface area contributed by atoms with E-state index in [2.05, 4.69) is 26.8 Å². The van der Waals surface area contributed by atoms with Crippen molar-refractivity contribution in [1.29, 1.82) is 0 Å². The average Bonchev–Trinajstić information content (AvgIpc) is 2.45. The van der Waals surface area contributed by atoms with Crippen LogP contribution in [0.1, 0.15) is 66.2 Å². The van der Waals surface area contributed by atoms with E-state index in [4.69, 9.17) is 5.11 Å². The molecule has 2 N–H and O–H groups in total. The van der Waals surface area contributed by atoms with Gasteiger partial charge in [0.2, 0.25) is 0 Å². The fourth-order valence-electron chi connectivity index (χ4n) is 5.36. The van der Waals surface area contributed by atoms with Crippen molar-refractivity contribution < 1.29 is 15.0 Å². The zero-order valence-electron chi connectivity index (χ0n) is 15.1. The van der Waals surface area contributed by atoms with Gasteiger partial charge in [0.25, 0.3) is 0 Å². The van der Waals surface area contributed by atoms with E-state index < -0.39 is 5.97 Å². The van der Waals surface area contributed by atoms with Crippen LogP contribution < -0.4 is 0 Å². The number of hydrogen-bond acceptors (Lipinski definition) is 2. The minimum absolute atomic E-state index is 0.0222.